The van der Waals surface area contributed by atoms with Gasteiger partial charge in [0, 0.05) is 24.0 Å². The van der Waals surface area contributed by atoms with Gasteiger partial charge in [0.1, 0.15) is 0 Å². The molecule has 0 spiro atoms. The predicted octanol–water partition coefficient (Wildman–Crippen LogP) is -1.25. The van der Waals surface area contributed by atoms with Gasteiger partial charge in [-0.1, -0.05) is 19.9 Å². The number of pyridine rings is 1. The Bertz CT molecular complexity index is 549. The van der Waals surface area contributed by atoms with E-state index in [9.17, 15) is 9.59 Å². The highest BCUT2D eigenvalue weighted by Crippen LogP contribution is 2.46. The molecule has 5 heteroatoms. The van der Waals surface area contributed by atoms with Crippen LogP contribution in [0.3, 0.4) is 0 Å². The molecule has 0 radical (unpaired) electrons. The van der Waals surface area contributed by atoms with Crippen LogP contribution < -0.4 is 17.0 Å². The number of carbonyl (C=O) groups is 2. The number of ketones is 1. The first-order chi connectivity index (χ1) is 8.97. The zero-order chi connectivity index (χ0) is 14.0. The van der Waals surface area contributed by atoms with Crippen molar-refractivity contribution in [3.8, 4) is 0 Å². The lowest BCUT2D eigenvalue weighted by atomic mass is 9.67. The van der Waals surface area contributed by atoms with Gasteiger partial charge in [-0.25, -0.2) is 4.79 Å². The Kier molecular flexibility index (Phi) is 5.06. The summed E-state index contributed by atoms with van der Waals surface area (Å²) in [6, 6.07) is 5.70. The molecule has 0 amide bonds. The number of nitrogens with zero attached hydrogens (tertiary/aromatic N) is 1. The second kappa shape index (κ2) is 6.18. The Labute approximate surface area is 124 Å². The molecular formula is C15H18ClNO3. The third-order valence-corrected chi connectivity index (χ3v) is 3.29. The van der Waals surface area contributed by atoms with Crippen molar-refractivity contribution in [1.29, 1.82) is 0 Å². The fourth-order valence-electron chi connectivity index (χ4n) is 2.42. The highest BCUT2D eigenvalue weighted by molar-refractivity contribution is 6.42. The fraction of sp³-hybridized carbons (Fsp3) is 0.400. The molecule has 4 nitrogen and oxygen atoms in total. The molecule has 0 bridgehead atoms. The molecule has 1 aromatic rings. The summed E-state index contributed by atoms with van der Waals surface area (Å²) in [5, 5.41) is 0. The largest absolute Gasteiger partial charge is 1.00 e. The highest BCUT2D eigenvalue weighted by atomic mass is 35.5. The summed E-state index contributed by atoms with van der Waals surface area (Å²) in [5.74, 6) is -1.29. The molecule has 1 heterocycles. The van der Waals surface area contributed by atoms with E-state index < -0.39 is 11.8 Å². The van der Waals surface area contributed by atoms with Gasteiger partial charge < -0.3 is 17.1 Å². The normalized spacial score (nSPS) is 15.9. The number of aromatic nitrogens is 1. The summed E-state index contributed by atoms with van der Waals surface area (Å²) in [7, 11) is 0. The van der Waals surface area contributed by atoms with Crippen LogP contribution in [0.5, 0.6) is 0 Å². The number of hydrogen-bond acceptors (Lipinski definition) is 3. The van der Waals surface area contributed by atoms with Crippen LogP contribution >= 0.6 is 0 Å². The molecule has 20 heavy (non-hydrogen) atoms. The number of Topliss-reactive ketones (excluding diaryl/α,β-unsaturated/α-hetero) is 1. The minimum Gasteiger partial charge on any atom is -1.00 e. The van der Waals surface area contributed by atoms with Gasteiger partial charge in [0.05, 0.1) is 12.2 Å². The first kappa shape index (κ1) is 16.4. The monoisotopic (exact) mass is 295 g/mol. The Morgan fingerprint density at radius 2 is 1.85 bits per heavy atom. The maximum Gasteiger partial charge on any atom is 0.379 e. The van der Waals surface area contributed by atoms with E-state index in [1.165, 1.54) is 0 Å². The molecule has 2 rings (SSSR count). The van der Waals surface area contributed by atoms with E-state index in [1.54, 1.807) is 6.92 Å². The molecule has 0 atom stereocenters. The molecule has 0 saturated heterocycles. The Hall–Kier alpha value is -1.68. The van der Waals surface area contributed by atoms with Crippen molar-refractivity contribution < 1.29 is 31.3 Å². The Morgan fingerprint density at radius 3 is 2.35 bits per heavy atom. The van der Waals surface area contributed by atoms with Crippen LogP contribution in [-0.4, -0.2) is 18.4 Å². The number of ether oxygens (including phenoxy) is 1. The van der Waals surface area contributed by atoms with Crippen molar-refractivity contribution in [2.75, 3.05) is 6.61 Å². The van der Waals surface area contributed by atoms with Gasteiger partial charge in [-0.2, -0.15) is 4.57 Å². The second-order valence-electron chi connectivity index (χ2n) is 5.21. The standard InChI is InChI=1S/C15H18NO3.ClH/c1-4-19-14(18)13(17)12-11(10-15(12,2)3)16-8-6-5-7-9-16;/h5-9H,4,10H2,1-3H3;1H/q+1;/p-1. The van der Waals surface area contributed by atoms with Gasteiger partial charge in [-0.3, -0.25) is 4.79 Å². The van der Waals surface area contributed by atoms with Gasteiger partial charge in [0.2, 0.25) is 0 Å². The van der Waals surface area contributed by atoms with E-state index >= 15 is 0 Å². The molecule has 1 aliphatic rings. The van der Waals surface area contributed by atoms with Crippen molar-refractivity contribution in [2.45, 2.75) is 27.2 Å². The summed E-state index contributed by atoms with van der Waals surface area (Å²) < 4.78 is 6.69. The smallest absolute Gasteiger partial charge is 0.379 e. The number of rotatable bonds is 4. The van der Waals surface area contributed by atoms with Crippen molar-refractivity contribution in [3.63, 3.8) is 0 Å². The van der Waals surface area contributed by atoms with Gasteiger partial charge in [-0.15, -0.1) is 0 Å². The first-order valence-electron chi connectivity index (χ1n) is 6.39. The molecule has 1 aliphatic carbocycles. The molecule has 0 unspecified atom stereocenters. The minimum atomic E-state index is -0.765. The summed E-state index contributed by atoms with van der Waals surface area (Å²) >= 11 is 0. The number of hydrogen-bond donors (Lipinski definition) is 0. The van der Waals surface area contributed by atoms with Crippen LogP contribution in [0, 0.1) is 5.41 Å². The SMILES string of the molecule is CCOC(=O)C(=O)C1=C([n+]2ccccc2)CC1(C)C.[Cl-]. The Morgan fingerprint density at radius 1 is 1.25 bits per heavy atom. The highest BCUT2D eigenvalue weighted by Gasteiger charge is 2.48. The second-order valence-corrected chi connectivity index (χ2v) is 5.21. The molecule has 108 valence electrons. The first-order valence-corrected chi connectivity index (χ1v) is 6.39. The third-order valence-electron chi connectivity index (χ3n) is 3.29. The van der Waals surface area contributed by atoms with Crippen LogP contribution in [0.4, 0.5) is 0 Å². The van der Waals surface area contributed by atoms with Gasteiger partial charge >= 0.3 is 5.97 Å². The predicted molar refractivity (Wildman–Crippen MR) is 69.9 cm³/mol. The van der Waals surface area contributed by atoms with Crippen molar-refractivity contribution >= 4 is 17.4 Å². The van der Waals surface area contributed by atoms with Crippen LogP contribution in [0.15, 0.2) is 36.2 Å². The van der Waals surface area contributed by atoms with Crippen LogP contribution in [0.2, 0.25) is 0 Å². The zero-order valence-corrected chi connectivity index (χ0v) is 12.6. The lowest BCUT2D eigenvalue weighted by Gasteiger charge is -2.34. The van der Waals surface area contributed by atoms with E-state index in [0.717, 1.165) is 12.1 Å². The molecule has 0 fully saturated rings. The lowest BCUT2D eigenvalue weighted by molar-refractivity contribution is -0.587. The number of carbonyl (C=O) groups excluding carboxylic acids is 2. The molecule has 0 N–H and O–H groups in total. The topological polar surface area (TPSA) is 47.3 Å². The van der Waals surface area contributed by atoms with Crippen molar-refractivity contribution in [3.05, 3.63) is 36.2 Å². The molecule has 0 aromatic carbocycles. The van der Waals surface area contributed by atoms with Crippen molar-refractivity contribution in [1.82, 2.24) is 0 Å². The summed E-state index contributed by atoms with van der Waals surface area (Å²) in [5.41, 5.74) is 1.16. The lowest BCUT2D eigenvalue weighted by Crippen LogP contribution is -3.00. The van der Waals surface area contributed by atoms with Crippen LogP contribution in [0.1, 0.15) is 27.2 Å². The van der Waals surface area contributed by atoms with E-state index in [1.807, 2.05) is 49.0 Å². The molecule has 1 aromatic heterocycles. The average Bonchev–Trinajstić information content (AvgIpc) is 2.37. The quantitative estimate of drug-likeness (QED) is 0.396. The van der Waals surface area contributed by atoms with E-state index in [4.69, 9.17) is 4.74 Å². The maximum atomic E-state index is 12.2. The van der Waals surface area contributed by atoms with E-state index in [-0.39, 0.29) is 24.4 Å². The summed E-state index contributed by atoms with van der Waals surface area (Å²) in [4.78, 5) is 23.8. The Balaban J connectivity index is 0.00000200. The van der Waals surface area contributed by atoms with Crippen molar-refractivity contribution in [2.24, 2.45) is 5.41 Å². The molecular weight excluding hydrogens is 278 g/mol. The molecule has 0 saturated carbocycles. The molecule has 0 aliphatic heterocycles. The van der Waals surface area contributed by atoms with Gasteiger partial charge in [-0.05, 0) is 6.92 Å². The average molecular weight is 296 g/mol. The van der Waals surface area contributed by atoms with Gasteiger partial charge in [0.25, 0.3) is 5.78 Å². The number of allylic oxidation sites excluding steroid dienone is 1. The van der Waals surface area contributed by atoms with E-state index in [2.05, 4.69) is 0 Å². The number of halogens is 1. The zero-order valence-electron chi connectivity index (χ0n) is 11.9. The maximum absolute atomic E-state index is 12.2. The van der Waals surface area contributed by atoms with Crippen LogP contribution in [-0.2, 0) is 14.3 Å². The van der Waals surface area contributed by atoms with Gasteiger partial charge in [0.15, 0.2) is 18.1 Å². The van der Waals surface area contributed by atoms with E-state index in [0.29, 0.717) is 5.57 Å². The summed E-state index contributed by atoms with van der Waals surface area (Å²) in [6.45, 7) is 5.84. The number of esters is 1. The third kappa shape index (κ3) is 2.90. The van der Waals surface area contributed by atoms with Crippen LogP contribution in [0.25, 0.3) is 5.70 Å². The summed E-state index contributed by atoms with van der Waals surface area (Å²) in [6.07, 6.45) is 4.52. The fourth-order valence-corrected chi connectivity index (χ4v) is 2.42. The minimum absolute atomic E-state index is 0.